The van der Waals surface area contributed by atoms with Crippen molar-refractivity contribution in [1.29, 1.82) is 0 Å². The highest BCUT2D eigenvalue weighted by Crippen LogP contribution is 2.31. The molecule has 0 bridgehead atoms. The Labute approximate surface area is 119 Å². The third-order valence-corrected chi connectivity index (χ3v) is 4.55. The number of aldehydes is 1. The van der Waals surface area contributed by atoms with Gasteiger partial charge in [-0.2, -0.15) is 13.2 Å². The maximum atomic E-state index is 11.1. The Bertz CT molecular complexity index is 340. The second kappa shape index (κ2) is 8.71. The van der Waals surface area contributed by atoms with E-state index in [4.69, 9.17) is 4.74 Å². The molecule has 2 unspecified atom stereocenters. The Morgan fingerprint density at radius 1 is 1.58 bits per heavy atom. The minimum Gasteiger partial charge on any atom is -0.370 e. The normalized spacial score (nSPS) is 23.6. The number of carbonyl (C=O) groups is 1. The Kier molecular flexibility index (Phi) is 8.52. The van der Waals surface area contributed by atoms with Crippen molar-refractivity contribution in [3.05, 3.63) is 23.1 Å². The number of ether oxygens (including phenoxy) is 1. The van der Waals surface area contributed by atoms with E-state index in [1.54, 1.807) is 7.11 Å². The molecule has 2 nitrogen and oxygen atoms in total. The van der Waals surface area contributed by atoms with Gasteiger partial charge in [-0.25, -0.2) is 0 Å². The standard InChI is InChI=1S/C8H14OS2.C4H3F3O/c1-6-4-7(2)11-8(9-3)5-10-6;1-3(2-8)4(5,6)7/h4,7-8H,5H2,1-3H3;2H,1H2. The number of hydrogen-bond acceptors (Lipinski definition) is 4. The first-order valence-electron chi connectivity index (χ1n) is 5.41. The Balaban J connectivity index is 0.000000362. The fourth-order valence-electron chi connectivity index (χ4n) is 1.09. The van der Waals surface area contributed by atoms with Crippen LogP contribution in [0.1, 0.15) is 13.8 Å². The van der Waals surface area contributed by atoms with E-state index in [1.165, 1.54) is 4.91 Å². The maximum absolute atomic E-state index is 11.1. The van der Waals surface area contributed by atoms with Gasteiger partial charge in [-0.1, -0.05) is 12.7 Å². The first kappa shape index (κ1) is 18.6. The molecule has 0 aromatic rings. The Hall–Kier alpha value is -0.400. The number of methoxy groups -OCH3 is 1. The molecule has 0 amide bonds. The van der Waals surface area contributed by atoms with Crippen LogP contribution in [-0.2, 0) is 9.53 Å². The van der Waals surface area contributed by atoms with Crippen LogP contribution in [-0.4, -0.2) is 36.0 Å². The molecule has 0 fully saturated rings. The van der Waals surface area contributed by atoms with Crippen LogP contribution in [0.15, 0.2) is 23.1 Å². The summed E-state index contributed by atoms with van der Waals surface area (Å²) in [5.41, 5.74) is -0.985. The summed E-state index contributed by atoms with van der Waals surface area (Å²) in [6.07, 6.45) is -2.57. The van der Waals surface area contributed by atoms with E-state index < -0.39 is 11.7 Å². The zero-order valence-corrected chi connectivity index (χ0v) is 12.6. The first-order chi connectivity index (χ1) is 8.70. The van der Waals surface area contributed by atoms with Crippen molar-refractivity contribution >= 4 is 29.8 Å². The number of allylic oxidation sites excluding steroid dienone is 2. The molecule has 0 saturated heterocycles. The molecular formula is C12H17F3O2S2. The minimum atomic E-state index is -4.55. The molecule has 1 aliphatic heterocycles. The SMILES string of the molecule is C=C(C=O)C(F)(F)F.COC1CSC(C)=CC(C)S1. The van der Waals surface area contributed by atoms with Gasteiger partial charge in [-0.05, 0) is 18.8 Å². The minimum absolute atomic E-state index is 0.319. The number of carbonyl (C=O) groups excluding carboxylic acids is 1. The molecular weight excluding hydrogens is 297 g/mol. The second-order valence-electron chi connectivity index (χ2n) is 3.74. The van der Waals surface area contributed by atoms with Crippen LogP contribution in [0.3, 0.4) is 0 Å². The Morgan fingerprint density at radius 2 is 2.16 bits per heavy atom. The highest BCUT2D eigenvalue weighted by molar-refractivity contribution is 8.06. The molecule has 0 spiro atoms. The van der Waals surface area contributed by atoms with Gasteiger partial charge in [0.1, 0.15) is 5.44 Å². The quantitative estimate of drug-likeness (QED) is 0.568. The lowest BCUT2D eigenvalue weighted by molar-refractivity contribution is -0.119. The highest BCUT2D eigenvalue weighted by atomic mass is 32.2. The van der Waals surface area contributed by atoms with Gasteiger partial charge in [0.25, 0.3) is 0 Å². The summed E-state index contributed by atoms with van der Waals surface area (Å²) in [5.74, 6) is 1.08. The van der Waals surface area contributed by atoms with E-state index in [0.717, 1.165) is 5.75 Å². The zero-order valence-electron chi connectivity index (χ0n) is 11.0. The van der Waals surface area contributed by atoms with Gasteiger partial charge in [0.05, 0.1) is 5.57 Å². The van der Waals surface area contributed by atoms with Crippen LogP contribution >= 0.6 is 23.5 Å². The molecule has 1 aliphatic rings. The van der Waals surface area contributed by atoms with Crippen LogP contribution in [0.25, 0.3) is 0 Å². The summed E-state index contributed by atoms with van der Waals surface area (Å²) >= 11 is 3.78. The first-order valence-corrected chi connectivity index (χ1v) is 7.34. The molecule has 0 N–H and O–H groups in total. The molecule has 1 heterocycles. The van der Waals surface area contributed by atoms with E-state index in [-0.39, 0.29) is 6.29 Å². The van der Waals surface area contributed by atoms with Gasteiger partial charge in [-0.3, -0.25) is 4.79 Å². The van der Waals surface area contributed by atoms with Crippen molar-refractivity contribution in [1.82, 2.24) is 0 Å². The summed E-state index contributed by atoms with van der Waals surface area (Å²) < 4.78 is 38.7. The van der Waals surface area contributed by atoms with E-state index in [9.17, 15) is 18.0 Å². The van der Waals surface area contributed by atoms with Crippen LogP contribution in [0.4, 0.5) is 13.2 Å². The zero-order chi connectivity index (χ0) is 15.1. The summed E-state index contributed by atoms with van der Waals surface area (Å²) in [5, 5.41) is 0.593. The third kappa shape index (κ3) is 8.39. The lowest BCUT2D eigenvalue weighted by Gasteiger charge is -2.13. The van der Waals surface area contributed by atoms with E-state index >= 15 is 0 Å². The fraction of sp³-hybridized carbons (Fsp3) is 0.583. The van der Waals surface area contributed by atoms with Crippen molar-refractivity contribution in [2.75, 3.05) is 12.9 Å². The summed E-state index contributed by atoms with van der Waals surface area (Å²) in [4.78, 5) is 10.8. The third-order valence-electron chi connectivity index (χ3n) is 2.05. The van der Waals surface area contributed by atoms with Crippen molar-refractivity contribution in [2.45, 2.75) is 30.7 Å². The average Bonchev–Trinajstić information content (AvgIpc) is 2.48. The lowest BCUT2D eigenvalue weighted by atomic mass is 10.3. The molecule has 1 rings (SSSR count). The van der Waals surface area contributed by atoms with Crippen LogP contribution in [0, 0.1) is 0 Å². The van der Waals surface area contributed by atoms with Crippen molar-refractivity contribution in [3.63, 3.8) is 0 Å². The molecule has 0 saturated carbocycles. The average molecular weight is 314 g/mol. The van der Waals surface area contributed by atoms with Crippen LogP contribution in [0.2, 0.25) is 0 Å². The van der Waals surface area contributed by atoms with Crippen LogP contribution < -0.4 is 0 Å². The predicted molar refractivity (Wildman–Crippen MR) is 75.3 cm³/mol. The van der Waals surface area contributed by atoms with Crippen molar-refractivity contribution < 1.29 is 22.7 Å². The maximum Gasteiger partial charge on any atom is 0.418 e. The summed E-state index contributed by atoms with van der Waals surface area (Å²) in [7, 11) is 1.78. The largest absolute Gasteiger partial charge is 0.418 e. The topological polar surface area (TPSA) is 26.3 Å². The molecule has 0 aromatic heterocycles. The highest BCUT2D eigenvalue weighted by Gasteiger charge is 2.31. The number of halogens is 3. The van der Waals surface area contributed by atoms with Gasteiger partial charge in [0.2, 0.25) is 0 Å². The molecule has 0 aromatic carbocycles. The lowest BCUT2D eigenvalue weighted by Crippen LogP contribution is -2.10. The van der Waals surface area contributed by atoms with Crippen molar-refractivity contribution in [3.8, 4) is 0 Å². The number of alkyl halides is 3. The number of rotatable bonds is 2. The predicted octanol–water partition coefficient (Wildman–Crippen LogP) is 4.04. The van der Waals surface area contributed by atoms with Gasteiger partial charge < -0.3 is 4.74 Å². The van der Waals surface area contributed by atoms with Crippen LogP contribution in [0.5, 0.6) is 0 Å². The molecule has 19 heavy (non-hydrogen) atoms. The fourth-order valence-corrected chi connectivity index (χ4v) is 3.40. The van der Waals surface area contributed by atoms with Gasteiger partial charge in [-0.15, -0.1) is 23.5 Å². The van der Waals surface area contributed by atoms with E-state index in [0.29, 0.717) is 10.7 Å². The van der Waals surface area contributed by atoms with Gasteiger partial charge in [0, 0.05) is 18.1 Å². The molecule has 2 atom stereocenters. The number of hydrogen-bond donors (Lipinski definition) is 0. The molecule has 110 valence electrons. The molecule has 7 heteroatoms. The van der Waals surface area contributed by atoms with E-state index in [2.05, 4.69) is 26.5 Å². The number of thioether (sulfide) groups is 2. The van der Waals surface area contributed by atoms with E-state index in [1.807, 2.05) is 23.5 Å². The smallest absolute Gasteiger partial charge is 0.370 e. The summed E-state index contributed by atoms with van der Waals surface area (Å²) in [6, 6.07) is 0. The monoisotopic (exact) mass is 314 g/mol. The second-order valence-corrected chi connectivity index (χ2v) is 6.54. The molecule has 0 aliphatic carbocycles. The Morgan fingerprint density at radius 3 is 2.53 bits per heavy atom. The van der Waals surface area contributed by atoms with Crippen molar-refractivity contribution in [2.24, 2.45) is 0 Å². The van der Waals surface area contributed by atoms with Gasteiger partial charge in [0.15, 0.2) is 6.29 Å². The molecule has 0 radical (unpaired) electrons. The summed E-state index contributed by atoms with van der Waals surface area (Å²) in [6.45, 7) is 6.83. The van der Waals surface area contributed by atoms with Gasteiger partial charge >= 0.3 is 6.18 Å².